The van der Waals surface area contributed by atoms with Gasteiger partial charge in [0.1, 0.15) is 0 Å². The molecule has 0 radical (unpaired) electrons. The van der Waals surface area contributed by atoms with Gasteiger partial charge in [0, 0.05) is 51.0 Å². The summed E-state index contributed by atoms with van der Waals surface area (Å²) in [5.74, 6) is 1.60. The zero-order chi connectivity index (χ0) is 20.4. The second-order valence-electron chi connectivity index (χ2n) is 8.74. The fraction of sp³-hybridized carbons (Fsp3) is 0.952. The van der Waals surface area contributed by atoms with Crippen molar-refractivity contribution in [2.75, 3.05) is 73.2 Å². The number of ether oxygens (including phenoxy) is 2. The molecule has 2 saturated heterocycles. The molecule has 2 fully saturated rings. The molecular weight excluding hydrogens is 481 g/mol. The van der Waals surface area contributed by atoms with Crippen molar-refractivity contribution in [1.82, 2.24) is 20.4 Å². The summed E-state index contributed by atoms with van der Waals surface area (Å²) in [4.78, 5) is 9.88. The van der Waals surface area contributed by atoms with Crippen molar-refractivity contribution in [3.05, 3.63) is 0 Å². The highest BCUT2D eigenvalue weighted by Gasteiger charge is 2.34. The molecule has 2 aliphatic heterocycles. The third kappa shape index (κ3) is 8.85. The first-order valence-corrected chi connectivity index (χ1v) is 11.1. The number of guanidine groups is 1. The highest BCUT2D eigenvalue weighted by molar-refractivity contribution is 14.0. The molecule has 1 unspecified atom stereocenters. The number of nitrogens with zero attached hydrogens (tertiary/aromatic N) is 3. The number of morpholine rings is 1. The second-order valence-corrected chi connectivity index (χ2v) is 8.74. The van der Waals surface area contributed by atoms with Crippen molar-refractivity contribution < 1.29 is 9.47 Å². The molecule has 2 rings (SSSR count). The Morgan fingerprint density at radius 2 is 1.69 bits per heavy atom. The van der Waals surface area contributed by atoms with Gasteiger partial charge in [-0.2, -0.15) is 0 Å². The van der Waals surface area contributed by atoms with Crippen LogP contribution in [-0.4, -0.2) is 101 Å². The summed E-state index contributed by atoms with van der Waals surface area (Å²) in [7, 11) is 4.33. The molecule has 0 spiro atoms. The third-order valence-corrected chi connectivity index (χ3v) is 6.06. The molecule has 29 heavy (non-hydrogen) atoms. The number of rotatable bonds is 9. The Bertz CT molecular complexity index is 464. The lowest BCUT2D eigenvalue weighted by molar-refractivity contribution is -0.00258. The Kier molecular flexibility index (Phi) is 13.0. The van der Waals surface area contributed by atoms with Crippen LogP contribution in [0.5, 0.6) is 0 Å². The Morgan fingerprint density at radius 3 is 2.24 bits per heavy atom. The zero-order valence-electron chi connectivity index (χ0n) is 19.2. The van der Waals surface area contributed by atoms with E-state index in [2.05, 4.69) is 55.3 Å². The van der Waals surface area contributed by atoms with E-state index in [1.807, 2.05) is 0 Å². The molecule has 0 saturated carbocycles. The van der Waals surface area contributed by atoms with Gasteiger partial charge in [-0.05, 0) is 46.2 Å². The van der Waals surface area contributed by atoms with Crippen molar-refractivity contribution in [1.29, 1.82) is 0 Å². The number of hydrogen-bond acceptors (Lipinski definition) is 5. The summed E-state index contributed by atoms with van der Waals surface area (Å²) in [6, 6.07) is 0.513. The molecule has 0 aromatic heterocycles. The molecule has 2 aliphatic rings. The van der Waals surface area contributed by atoms with Crippen LogP contribution in [0.4, 0.5) is 0 Å². The first-order valence-electron chi connectivity index (χ1n) is 11.1. The molecule has 0 bridgehead atoms. The van der Waals surface area contributed by atoms with Crippen LogP contribution in [-0.2, 0) is 9.47 Å². The Labute approximate surface area is 195 Å². The summed E-state index contributed by atoms with van der Waals surface area (Å²) in [6.45, 7) is 14.7. The van der Waals surface area contributed by atoms with Gasteiger partial charge < -0.3 is 25.0 Å². The summed E-state index contributed by atoms with van der Waals surface area (Å²) >= 11 is 0. The molecule has 2 N–H and O–H groups in total. The monoisotopic (exact) mass is 525 g/mol. The lowest BCUT2D eigenvalue weighted by Gasteiger charge is -2.41. The predicted molar refractivity (Wildman–Crippen MR) is 132 cm³/mol. The minimum absolute atomic E-state index is 0. The Morgan fingerprint density at radius 1 is 1.07 bits per heavy atom. The molecular formula is C21H44IN5O2. The molecule has 1 atom stereocenters. The van der Waals surface area contributed by atoms with Crippen LogP contribution in [0.2, 0.25) is 0 Å². The summed E-state index contributed by atoms with van der Waals surface area (Å²) in [6.07, 6.45) is 3.25. The van der Waals surface area contributed by atoms with Crippen molar-refractivity contribution in [3.8, 4) is 0 Å². The van der Waals surface area contributed by atoms with Gasteiger partial charge in [0.2, 0.25) is 0 Å². The molecule has 8 heteroatoms. The average Bonchev–Trinajstić information content (AvgIpc) is 2.70. The van der Waals surface area contributed by atoms with E-state index in [0.717, 1.165) is 78.0 Å². The maximum atomic E-state index is 5.59. The van der Waals surface area contributed by atoms with Crippen molar-refractivity contribution in [2.24, 2.45) is 10.9 Å². The van der Waals surface area contributed by atoms with Gasteiger partial charge in [-0.3, -0.25) is 9.89 Å². The van der Waals surface area contributed by atoms with E-state index >= 15 is 0 Å². The maximum Gasteiger partial charge on any atom is 0.191 e. The first kappa shape index (κ1) is 26.9. The lowest BCUT2D eigenvalue weighted by atomic mass is 9.89. The Hall–Kier alpha value is -0.160. The SMILES string of the molecule is CCNC(=NCC1(N(C)C)CCOCC1)NCC(CC(C)C)N1CCOCC1.I. The first-order chi connectivity index (χ1) is 13.5. The van der Waals surface area contributed by atoms with Crippen LogP contribution in [0.15, 0.2) is 4.99 Å². The van der Waals surface area contributed by atoms with Crippen LogP contribution in [0, 0.1) is 5.92 Å². The highest BCUT2D eigenvalue weighted by atomic mass is 127. The largest absolute Gasteiger partial charge is 0.381 e. The molecule has 0 aromatic carbocycles. The molecule has 172 valence electrons. The van der Waals surface area contributed by atoms with Gasteiger partial charge in [0.15, 0.2) is 5.96 Å². The molecule has 0 aliphatic carbocycles. The van der Waals surface area contributed by atoms with Crippen LogP contribution in [0.3, 0.4) is 0 Å². The molecule has 2 heterocycles. The minimum atomic E-state index is 0. The lowest BCUT2D eigenvalue weighted by Crippen LogP contribution is -2.53. The zero-order valence-corrected chi connectivity index (χ0v) is 21.5. The molecule has 0 aromatic rings. The minimum Gasteiger partial charge on any atom is -0.381 e. The van der Waals surface area contributed by atoms with Crippen LogP contribution < -0.4 is 10.6 Å². The van der Waals surface area contributed by atoms with Crippen LogP contribution >= 0.6 is 24.0 Å². The normalized spacial score (nSPS) is 21.7. The van der Waals surface area contributed by atoms with Crippen LogP contribution in [0.25, 0.3) is 0 Å². The topological polar surface area (TPSA) is 61.4 Å². The summed E-state index contributed by atoms with van der Waals surface area (Å²) in [5, 5.41) is 7.06. The van der Waals surface area contributed by atoms with Gasteiger partial charge in [-0.25, -0.2) is 0 Å². The van der Waals surface area contributed by atoms with Crippen molar-refractivity contribution in [3.63, 3.8) is 0 Å². The number of hydrogen-bond donors (Lipinski definition) is 2. The highest BCUT2D eigenvalue weighted by Crippen LogP contribution is 2.26. The van der Waals surface area contributed by atoms with E-state index in [1.165, 1.54) is 6.42 Å². The fourth-order valence-electron chi connectivity index (χ4n) is 4.13. The van der Waals surface area contributed by atoms with E-state index in [1.54, 1.807) is 0 Å². The van der Waals surface area contributed by atoms with Gasteiger partial charge in [0.25, 0.3) is 0 Å². The molecule has 7 nitrogen and oxygen atoms in total. The number of nitrogens with one attached hydrogen (secondary N) is 2. The van der Waals surface area contributed by atoms with Gasteiger partial charge >= 0.3 is 0 Å². The van der Waals surface area contributed by atoms with E-state index < -0.39 is 0 Å². The van der Waals surface area contributed by atoms with E-state index in [9.17, 15) is 0 Å². The summed E-state index contributed by atoms with van der Waals surface area (Å²) < 4.78 is 11.1. The van der Waals surface area contributed by atoms with E-state index in [0.29, 0.717) is 12.0 Å². The van der Waals surface area contributed by atoms with Gasteiger partial charge in [0.05, 0.1) is 19.8 Å². The van der Waals surface area contributed by atoms with Crippen LogP contribution in [0.1, 0.15) is 40.0 Å². The summed E-state index contributed by atoms with van der Waals surface area (Å²) in [5.41, 5.74) is 0.0993. The predicted octanol–water partition coefficient (Wildman–Crippen LogP) is 2.02. The third-order valence-electron chi connectivity index (χ3n) is 6.06. The maximum absolute atomic E-state index is 5.59. The molecule has 0 amide bonds. The second kappa shape index (κ2) is 14.0. The Balaban J connectivity index is 0.00000420. The van der Waals surface area contributed by atoms with E-state index in [-0.39, 0.29) is 29.5 Å². The van der Waals surface area contributed by atoms with Gasteiger partial charge in [-0.15, -0.1) is 24.0 Å². The number of halogens is 1. The average molecular weight is 526 g/mol. The quantitative estimate of drug-likeness (QED) is 0.273. The van der Waals surface area contributed by atoms with Gasteiger partial charge in [-0.1, -0.05) is 13.8 Å². The van der Waals surface area contributed by atoms with Crippen molar-refractivity contribution in [2.45, 2.75) is 51.6 Å². The standard InChI is InChI=1S/C21H43N5O2.HI/c1-6-22-20(24-17-21(25(4)5)7-11-27-12-8-21)23-16-19(15-18(2)3)26-9-13-28-14-10-26;/h18-19H,6-17H2,1-5H3,(H2,22,23,24);1H. The smallest absolute Gasteiger partial charge is 0.191 e. The fourth-order valence-corrected chi connectivity index (χ4v) is 4.13. The van der Waals surface area contributed by atoms with Crippen molar-refractivity contribution >= 4 is 29.9 Å². The van der Waals surface area contributed by atoms with E-state index in [4.69, 9.17) is 14.5 Å². The number of aliphatic imine (C=N–C) groups is 1. The number of likely N-dealkylation sites (N-methyl/N-ethyl adjacent to an activating group) is 1.